The fourth-order valence-electron chi connectivity index (χ4n) is 6.81. The topological polar surface area (TPSA) is 131 Å². The Balaban J connectivity index is 1.48. The average molecular weight is 676 g/mol. The third-order valence-electron chi connectivity index (χ3n) is 9.27. The molecule has 256 valence electrons. The number of fused-ring (bicyclic) bond motifs is 2. The first kappa shape index (κ1) is 34.1. The molecule has 0 fully saturated rings. The highest BCUT2D eigenvalue weighted by Crippen LogP contribution is 2.53. The van der Waals surface area contributed by atoms with Gasteiger partial charge in [0.1, 0.15) is 5.75 Å². The van der Waals surface area contributed by atoms with Crippen LogP contribution < -0.4 is 15.4 Å². The van der Waals surface area contributed by atoms with E-state index >= 15 is 0 Å². The smallest absolute Gasteiger partial charge is 0.416 e. The summed E-state index contributed by atoms with van der Waals surface area (Å²) in [5.41, 5.74) is 5.89. The first-order valence-corrected chi connectivity index (χ1v) is 15.8. The van der Waals surface area contributed by atoms with Crippen molar-refractivity contribution < 1.29 is 42.8 Å². The van der Waals surface area contributed by atoms with Gasteiger partial charge < -0.3 is 30.7 Å². The lowest BCUT2D eigenvalue weighted by molar-refractivity contribution is -0.137. The molecule has 12 heteroatoms. The number of rotatable bonds is 8. The highest BCUT2D eigenvalue weighted by molar-refractivity contribution is 6.02. The number of aliphatic hydroxyl groups excluding tert-OH is 3. The summed E-state index contributed by atoms with van der Waals surface area (Å²) < 4.78 is 45.3. The van der Waals surface area contributed by atoms with Crippen molar-refractivity contribution in [1.82, 2.24) is 4.90 Å². The molecule has 1 atom stereocenters. The molecule has 5 N–H and O–H groups in total. The highest BCUT2D eigenvalue weighted by Gasteiger charge is 2.39. The first-order valence-electron chi connectivity index (χ1n) is 15.8. The van der Waals surface area contributed by atoms with Gasteiger partial charge in [-0.05, 0) is 96.1 Å². The van der Waals surface area contributed by atoms with Gasteiger partial charge >= 0.3 is 18.2 Å². The molecule has 0 aromatic heterocycles. The number of anilines is 2. The second-order valence-corrected chi connectivity index (χ2v) is 12.4. The molecule has 2 amide bonds. The maximum absolute atomic E-state index is 13.5. The molecule has 0 spiro atoms. The number of nitrogens with one attached hydrogen (secondary N) is 2. The molecule has 4 aromatic rings. The number of hydrogen-bond donors (Lipinski definition) is 5. The molecule has 2 aliphatic rings. The standard InChI is InChI=1S/C37H36F3N3O6/c1-20-3-5-21(6-4-20)13-31(47)49-35-24(18-45)15-29(42-36(48)41-26-9-7-25(8-10-26)37(38,39)40)27-16-30-32-22(11-12-43(30)2)14-23(17-44)28(19-46)33(32)34(27)35/h3-10,14-15,30,44-46H,11-13,16-19H2,1-2H3,(H2,41,42,48). The van der Waals surface area contributed by atoms with Crippen molar-refractivity contribution in [3.8, 4) is 16.9 Å². The number of carbonyl (C=O) groups is 2. The maximum atomic E-state index is 13.5. The average Bonchev–Trinajstić information content (AvgIpc) is 3.07. The Bertz CT molecular complexity index is 1910. The zero-order valence-corrected chi connectivity index (χ0v) is 26.9. The molecule has 4 aromatic carbocycles. The van der Waals surface area contributed by atoms with Crippen LogP contribution in [0.25, 0.3) is 11.1 Å². The lowest BCUT2D eigenvalue weighted by atomic mass is 9.73. The quantitative estimate of drug-likeness (QED) is 0.114. The number of aryl methyl sites for hydroxylation is 1. The molecule has 0 bridgehead atoms. The Morgan fingerprint density at radius 3 is 2.24 bits per heavy atom. The van der Waals surface area contributed by atoms with Crippen molar-refractivity contribution >= 4 is 23.4 Å². The second kappa shape index (κ2) is 13.6. The Hall–Kier alpha value is -4.75. The van der Waals surface area contributed by atoms with E-state index in [-0.39, 0.29) is 41.8 Å². The van der Waals surface area contributed by atoms with Crippen LogP contribution in [0.4, 0.5) is 29.3 Å². The largest absolute Gasteiger partial charge is 0.425 e. The Labute approximate surface area is 281 Å². The second-order valence-electron chi connectivity index (χ2n) is 12.4. The molecule has 1 heterocycles. The van der Waals surface area contributed by atoms with E-state index in [0.29, 0.717) is 47.2 Å². The zero-order valence-electron chi connectivity index (χ0n) is 26.9. The number of ether oxygens (including phenoxy) is 1. The Morgan fingerprint density at radius 2 is 1.61 bits per heavy atom. The molecule has 6 rings (SSSR count). The van der Waals surface area contributed by atoms with Crippen LogP contribution in [0.15, 0.2) is 60.7 Å². The number of nitrogens with zero attached hydrogens (tertiary/aromatic N) is 1. The van der Waals surface area contributed by atoms with Crippen LogP contribution in [0, 0.1) is 6.92 Å². The molecular formula is C37H36F3N3O6. The van der Waals surface area contributed by atoms with Gasteiger partial charge in [-0.3, -0.25) is 9.69 Å². The minimum Gasteiger partial charge on any atom is -0.425 e. The van der Waals surface area contributed by atoms with E-state index in [2.05, 4.69) is 15.5 Å². The van der Waals surface area contributed by atoms with E-state index in [1.807, 2.05) is 44.3 Å². The van der Waals surface area contributed by atoms with Crippen molar-refractivity contribution in [3.63, 3.8) is 0 Å². The van der Waals surface area contributed by atoms with Crippen molar-refractivity contribution in [2.24, 2.45) is 0 Å². The monoisotopic (exact) mass is 675 g/mol. The van der Waals surface area contributed by atoms with Gasteiger partial charge in [0.15, 0.2) is 0 Å². The van der Waals surface area contributed by atoms with Crippen molar-refractivity contribution in [3.05, 3.63) is 111 Å². The van der Waals surface area contributed by atoms with Gasteiger partial charge in [0.05, 0.1) is 31.8 Å². The number of urea groups is 1. The summed E-state index contributed by atoms with van der Waals surface area (Å²) >= 11 is 0. The third-order valence-corrected chi connectivity index (χ3v) is 9.27. The van der Waals surface area contributed by atoms with Gasteiger partial charge in [-0.2, -0.15) is 13.2 Å². The minimum absolute atomic E-state index is 0.0531. The van der Waals surface area contributed by atoms with Crippen LogP contribution in [-0.2, 0) is 50.1 Å². The van der Waals surface area contributed by atoms with Crippen LogP contribution in [-0.4, -0.2) is 45.8 Å². The Kier molecular flexibility index (Phi) is 9.50. The van der Waals surface area contributed by atoms with Gasteiger partial charge in [-0.15, -0.1) is 0 Å². The number of aliphatic hydroxyl groups is 3. The summed E-state index contributed by atoms with van der Waals surface area (Å²) in [6.45, 7) is 1.28. The molecule has 1 unspecified atom stereocenters. The number of likely N-dealkylation sites (N-methyl/N-ethyl adjacent to an activating group) is 1. The molecule has 9 nitrogen and oxygen atoms in total. The molecule has 49 heavy (non-hydrogen) atoms. The van der Waals surface area contributed by atoms with E-state index in [4.69, 9.17) is 4.74 Å². The maximum Gasteiger partial charge on any atom is 0.416 e. The molecule has 0 saturated carbocycles. The summed E-state index contributed by atoms with van der Waals surface area (Å²) in [5, 5.41) is 37.0. The van der Waals surface area contributed by atoms with Crippen molar-refractivity contribution in [2.75, 3.05) is 24.2 Å². The van der Waals surface area contributed by atoms with Gasteiger partial charge in [-0.1, -0.05) is 35.9 Å². The fraction of sp³-hybridized carbons (Fsp3) is 0.297. The fourth-order valence-corrected chi connectivity index (χ4v) is 6.81. The van der Waals surface area contributed by atoms with Gasteiger partial charge in [0, 0.05) is 35.1 Å². The summed E-state index contributed by atoms with van der Waals surface area (Å²) in [7, 11) is 1.97. The van der Waals surface area contributed by atoms with Gasteiger partial charge in [0.2, 0.25) is 0 Å². The summed E-state index contributed by atoms with van der Waals surface area (Å²) in [5.74, 6) is -0.500. The van der Waals surface area contributed by atoms with Crippen LogP contribution in [0.1, 0.15) is 56.1 Å². The van der Waals surface area contributed by atoms with Gasteiger partial charge in [-0.25, -0.2) is 4.79 Å². The number of carbonyl (C=O) groups excluding carboxylic acids is 2. The van der Waals surface area contributed by atoms with E-state index in [1.54, 1.807) is 0 Å². The SMILES string of the molecule is Cc1ccc(CC(=O)Oc2c(CO)cc(NC(=O)Nc3ccc(C(F)(F)F)cc3)c3c2-c2c(CO)c(CO)cc4c2C(C3)N(C)CC4)cc1. The number of hydrogen-bond acceptors (Lipinski definition) is 7. The zero-order chi connectivity index (χ0) is 35.0. The summed E-state index contributed by atoms with van der Waals surface area (Å²) in [6.07, 6.45) is -3.55. The number of benzene rings is 4. The lowest BCUT2D eigenvalue weighted by Gasteiger charge is -2.42. The molecular weight excluding hydrogens is 639 g/mol. The predicted molar refractivity (Wildman–Crippen MR) is 177 cm³/mol. The third kappa shape index (κ3) is 6.77. The van der Waals surface area contributed by atoms with E-state index < -0.39 is 37.0 Å². The van der Waals surface area contributed by atoms with Gasteiger partial charge in [0.25, 0.3) is 0 Å². The normalized spacial score (nSPS) is 15.3. The number of alkyl halides is 3. The molecule has 0 saturated heterocycles. The van der Waals surface area contributed by atoms with Crippen LogP contribution in [0.3, 0.4) is 0 Å². The first-order chi connectivity index (χ1) is 23.4. The molecule has 1 aliphatic carbocycles. The minimum atomic E-state index is -4.53. The van der Waals surface area contributed by atoms with Crippen LogP contribution in [0.2, 0.25) is 0 Å². The van der Waals surface area contributed by atoms with E-state index in [9.17, 15) is 38.1 Å². The summed E-state index contributed by atoms with van der Waals surface area (Å²) in [6, 6.07) is 13.9. The number of halogens is 3. The number of esters is 1. The van der Waals surface area contributed by atoms with E-state index in [0.717, 1.165) is 46.5 Å². The lowest BCUT2D eigenvalue weighted by Crippen LogP contribution is -2.37. The highest BCUT2D eigenvalue weighted by atomic mass is 19.4. The summed E-state index contributed by atoms with van der Waals surface area (Å²) in [4.78, 5) is 28.9. The molecule has 0 radical (unpaired) electrons. The van der Waals surface area contributed by atoms with E-state index in [1.165, 1.54) is 6.07 Å². The Morgan fingerprint density at radius 1 is 0.918 bits per heavy atom. The predicted octanol–water partition coefficient (Wildman–Crippen LogP) is 6.03. The van der Waals surface area contributed by atoms with Crippen molar-refractivity contribution in [1.29, 1.82) is 0 Å². The number of amides is 2. The van der Waals surface area contributed by atoms with Crippen molar-refractivity contribution in [2.45, 2.75) is 58.2 Å². The van der Waals surface area contributed by atoms with Crippen LogP contribution in [0.5, 0.6) is 5.75 Å². The molecule has 1 aliphatic heterocycles. The van der Waals surface area contributed by atoms with Crippen LogP contribution >= 0.6 is 0 Å².